The average molecular weight is 248 g/mol. The minimum atomic E-state index is -0.333. The molecular weight excluding hydrogens is 236 g/mol. The number of hydrogen-bond donors (Lipinski definition) is 3. The van der Waals surface area contributed by atoms with Crippen LogP contribution in [-0.2, 0) is 6.54 Å². The fourth-order valence-electron chi connectivity index (χ4n) is 1.33. The minimum absolute atomic E-state index is 0.0544. The summed E-state index contributed by atoms with van der Waals surface area (Å²) in [6.45, 7) is 0.483. The molecule has 0 aliphatic rings. The van der Waals surface area contributed by atoms with Gasteiger partial charge in [0.1, 0.15) is 5.75 Å². The van der Waals surface area contributed by atoms with E-state index in [1.54, 1.807) is 29.5 Å². The van der Waals surface area contributed by atoms with Crippen molar-refractivity contribution < 1.29 is 9.90 Å². The molecule has 0 radical (unpaired) electrons. The number of rotatable bonds is 3. The number of para-hydroxylation sites is 2. The van der Waals surface area contributed by atoms with Crippen LogP contribution in [0.4, 0.5) is 10.5 Å². The quantitative estimate of drug-likeness (QED) is 0.731. The van der Waals surface area contributed by atoms with Crippen LogP contribution >= 0.6 is 11.3 Å². The summed E-state index contributed by atoms with van der Waals surface area (Å²) in [5.74, 6) is 0.0544. The molecule has 3 N–H and O–H groups in total. The third kappa shape index (κ3) is 3.22. The normalized spacial score (nSPS) is 9.88. The van der Waals surface area contributed by atoms with Crippen molar-refractivity contribution in [3.05, 3.63) is 46.7 Å². The Morgan fingerprint density at radius 1 is 1.24 bits per heavy atom. The van der Waals surface area contributed by atoms with Crippen molar-refractivity contribution >= 4 is 23.1 Å². The smallest absolute Gasteiger partial charge is 0.319 e. The molecule has 2 amide bonds. The maximum atomic E-state index is 11.5. The lowest BCUT2D eigenvalue weighted by Gasteiger charge is -2.07. The van der Waals surface area contributed by atoms with Gasteiger partial charge < -0.3 is 15.7 Å². The maximum Gasteiger partial charge on any atom is 0.319 e. The Labute approximate surface area is 103 Å². The zero-order chi connectivity index (χ0) is 12.1. The lowest BCUT2D eigenvalue weighted by atomic mass is 10.3. The van der Waals surface area contributed by atoms with E-state index in [9.17, 15) is 9.90 Å². The fraction of sp³-hybridized carbons (Fsp3) is 0.0833. The van der Waals surface area contributed by atoms with Crippen LogP contribution in [0.15, 0.2) is 41.8 Å². The number of urea groups is 1. The van der Waals surface area contributed by atoms with Crippen LogP contribution in [0, 0.1) is 0 Å². The molecule has 1 aromatic heterocycles. The van der Waals surface area contributed by atoms with Gasteiger partial charge in [-0.2, -0.15) is 0 Å². The van der Waals surface area contributed by atoms with Gasteiger partial charge in [-0.1, -0.05) is 18.2 Å². The van der Waals surface area contributed by atoms with Crippen LogP contribution < -0.4 is 10.6 Å². The van der Waals surface area contributed by atoms with Crippen molar-refractivity contribution in [2.75, 3.05) is 5.32 Å². The highest BCUT2D eigenvalue weighted by molar-refractivity contribution is 7.09. The Bertz CT molecular complexity index is 497. The lowest BCUT2D eigenvalue weighted by Crippen LogP contribution is -2.27. The molecule has 0 aliphatic carbocycles. The second-order valence-corrected chi connectivity index (χ2v) is 4.44. The summed E-state index contributed by atoms with van der Waals surface area (Å²) in [5, 5.41) is 16.7. The molecule has 0 aliphatic heterocycles. The number of benzene rings is 1. The second kappa shape index (κ2) is 5.36. The topological polar surface area (TPSA) is 61.4 Å². The summed E-state index contributed by atoms with van der Waals surface area (Å²) in [5.41, 5.74) is 0.399. The Hall–Kier alpha value is -2.01. The summed E-state index contributed by atoms with van der Waals surface area (Å²) in [6, 6.07) is 10.2. The first-order valence-corrected chi connectivity index (χ1v) is 5.99. The zero-order valence-corrected chi connectivity index (χ0v) is 9.83. The van der Waals surface area contributed by atoms with Gasteiger partial charge in [0.25, 0.3) is 0 Å². The molecule has 4 nitrogen and oxygen atoms in total. The number of amides is 2. The second-order valence-electron chi connectivity index (χ2n) is 3.40. The van der Waals surface area contributed by atoms with E-state index in [1.807, 2.05) is 17.5 Å². The maximum absolute atomic E-state index is 11.5. The summed E-state index contributed by atoms with van der Waals surface area (Å²) in [4.78, 5) is 12.6. The first kappa shape index (κ1) is 11.5. The van der Waals surface area contributed by atoms with Crippen LogP contribution in [0.5, 0.6) is 5.75 Å². The van der Waals surface area contributed by atoms with Crippen molar-refractivity contribution in [2.45, 2.75) is 6.54 Å². The lowest BCUT2D eigenvalue weighted by molar-refractivity contribution is 0.251. The van der Waals surface area contributed by atoms with E-state index in [0.717, 1.165) is 4.88 Å². The predicted octanol–water partition coefficient (Wildman–Crippen LogP) is 2.78. The van der Waals surface area contributed by atoms with Crippen LogP contribution in [0.1, 0.15) is 4.88 Å². The first-order chi connectivity index (χ1) is 8.25. The number of phenolic OH excluding ortho intramolecular Hbond substituents is 1. The number of thiophene rings is 1. The van der Waals surface area contributed by atoms with Crippen LogP contribution in [0.3, 0.4) is 0 Å². The number of hydrogen-bond acceptors (Lipinski definition) is 3. The molecule has 1 aromatic carbocycles. The molecule has 88 valence electrons. The number of carbonyl (C=O) groups is 1. The van der Waals surface area contributed by atoms with Crippen molar-refractivity contribution in [3.8, 4) is 5.75 Å². The van der Waals surface area contributed by atoms with E-state index in [0.29, 0.717) is 12.2 Å². The van der Waals surface area contributed by atoms with Gasteiger partial charge in [-0.05, 0) is 23.6 Å². The highest BCUT2D eigenvalue weighted by Crippen LogP contribution is 2.21. The molecule has 1 heterocycles. The Balaban J connectivity index is 1.87. The van der Waals surface area contributed by atoms with E-state index < -0.39 is 0 Å². The van der Waals surface area contributed by atoms with E-state index in [-0.39, 0.29) is 11.8 Å². The Kier molecular flexibility index (Phi) is 3.62. The van der Waals surface area contributed by atoms with Gasteiger partial charge in [0, 0.05) is 4.88 Å². The molecule has 2 rings (SSSR count). The molecule has 5 heteroatoms. The third-order valence-electron chi connectivity index (χ3n) is 2.16. The molecule has 0 bridgehead atoms. The first-order valence-electron chi connectivity index (χ1n) is 5.11. The number of anilines is 1. The molecule has 0 unspecified atom stereocenters. The van der Waals surface area contributed by atoms with Gasteiger partial charge in [-0.15, -0.1) is 11.3 Å². The van der Waals surface area contributed by atoms with E-state index in [2.05, 4.69) is 10.6 Å². The van der Waals surface area contributed by atoms with E-state index in [1.165, 1.54) is 6.07 Å². The Morgan fingerprint density at radius 3 is 2.76 bits per heavy atom. The highest BCUT2D eigenvalue weighted by atomic mass is 32.1. The summed E-state index contributed by atoms with van der Waals surface area (Å²) >= 11 is 1.58. The van der Waals surface area contributed by atoms with E-state index >= 15 is 0 Å². The largest absolute Gasteiger partial charge is 0.506 e. The molecule has 0 atom stereocenters. The van der Waals surface area contributed by atoms with Crippen molar-refractivity contribution in [2.24, 2.45) is 0 Å². The molecule has 0 saturated carbocycles. The minimum Gasteiger partial charge on any atom is -0.506 e. The van der Waals surface area contributed by atoms with Crippen molar-refractivity contribution in [1.29, 1.82) is 0 Å². The standard InChI is InChI=1S/C12H12N2O2S/c15-11-6-2-1-5-10(11)14-12(16)13-8-9-4-3-7-17-9/h1-7,15H,8H2,(H2,13,14,16). The molecule has 17 heavy (non-hydrogen) atoms. The summed E-state index contributed by atoms with van der Waals surface area (Å²) < 4.78 is 0. The zero-order valence-electron chi connectivity index (χ0n) is 9.01. The SMILES string of the molecule is O=C(NCc1cccs1)Nc1ccccc1O. The number of phenols is 1. The van der Waals surface area contributed by atoms with Gasteiger partial charge in [-0.25, -0.2) is 4.79 Å². The molecule has 0 fully saturated rings. The predicted molar refractivity (Wildman–Crippen MR) is 68.3 cm³/mol. The van der Waals surface area contributed by atoms with E-state index in [4.69, 9.17) is 0 Å². The van der Waals surface area contributed by atoms with Crippen molar-refractivity contribution in [3.63, 3.8) is 0 Å². The number of aromatic hydroxyl groups is 1. The third-order valence-corrected chi connectivity index (χ3v) is 3.03. The number of carbonyl (C=O) groups excluding carboxylic acids is 1. The summed E-state index contributed by atoms with van der Waals surface area (Å²) in [7, 11) is 0. The van der Waals surface area contributed by atoms with Gasteiger partial charge in [-0.3, -0.25) is 0 Å². The van der Waals surface area contributed by atoms with Gasteiger partial charge >= 0.3 is 6.03 Å². The summed E-state index contributed by atoms with van der Waals surface area (Å²) in [6.07, 6.45) is 0. The van der Waals surface area contributed by atoms with Crippen LogP contribution in [0.2, 0.25) is 0 Å². The van der Waals surface area contributed by atoms with Gasteiger partial charge in [0.15, 0.2) is 0 Å². The Morgan fingerprint density at radius 2 is 2.06 bits per heavy atom. The molecule has 0 spiro atoms. The average Bonchev–Trinajstić information content (AvgIpc) is 2.82. The molecule has 2 aromatic rings. The number of nitrogens with one attached hydrogen (secondary N) is 2. The molecule has 0 saturated heterocycles. The fourth-order valence-corrected chi connectivity index (χ4v) is 1.97. The highest BCUT2D eigenvalue weighted by Gasteiger charge is 2.04. The van der Waals surface area contributed by atoms with Gasteiger partial charge in [0.2, 0.25) is 0 Å². The van der Waals surface area contributed by atoms with Crippen LogP contribution in [-0.4, -0.2) is 11.1 Å². The molecular formula is C12H12N2O2S. The monoisotopic (exact) mass is 248 g/mol. The van der Waals surface area contributed by atoms with Gasteiger partial charge in [0.05, 0.1) is 12.2 Å². The van der Waals surface area contributed by atoms with Crippen molar-refractivity contribution in [1.82, 2.24) is 5.32 Å². The van der Waals surface area contributed by atoms with Crippen LogP contribution in [0.25, 0.3) is 0 Å².